The zero-order valence-electron chi connectivity index (χ0n) is 14.8. The third kappa shape index (κ3) is 2.96. The average Bonchev–Trinajstić information content (AvgIpc) is 2.56. The summed E-state index contributed by atoms with van der Waals surface area (Å²) in [6, 6.07) is 4.00. The number of benzene rings is 1. The second-order valence-electron chi connectivity index (χ2n) is 8.80. The van der Waals surface area contributed by atoms with Crippen molar-refractivity contribution in [3.63, 3.8) is 0 Å². The van der Waals surface area contributed by atoms with Crippen LogP contribution in [0, 0.1) is 36.4 Å². The average molecular weight is 314 g/mol. The van der Waals surface area contributed by atoms with Crippen LogP contribution in [-0.2, 0) is 6.42 Å². The van der Waals surface area contributed by atoms with Crippen LogP contribution in [0.1, 0.15) is 80.9 Å². The van der Waals surface area contributed by atoms with Gasteiger partial charge in [-0.25, -0.2) is 4.39 Å². The molecule has 0 bridgehead atoms. The lowest BCUT2D eigenvalue weighted by Crippen LogP contribution is -2.32. The van der Waals surface area contributed by atoms with Gasteiger partial charge in [-0.1, -0.05) is 25.8 Å². The summed E-state index contributed by atoms with van der Waals surface area (Å²) in [6.07, 6.45) is 12.4. The number of hydrogen-bond donors (Lipinski definition) is 0. The number of rotatable bonds is 1. The second-order valence-corrected chi connectivity index (χ2v) is 8.80. The molecule has 126 valence electrons. The van der Waals surface area contributed by atoms with Gasteiger partial charge in [0.25, 0.3) is 0 Å². The predicted octanol–water partition coefficient (Wildman–Crippen LogP) is 6.41. The molecule has 0 aromatic heterocycles. The quantitative estimate of drug-likeness (QED) is 0.562. The fraction of sp³-hybridized carbons (Fsp3) is 0.727. The molecular weight excluding hydrogens is 283 g/mol. The van der Waals surface area contributed by atoms with Gasteiger partial charge in [-0.3, -0.25) is 0 Å². The maximum atomic E-state index is 14.1. The standard InChI is InChI=1S/C22H31F/c1-14-3-5-16(6-4-14)17-9-10-20-19(12-17)8-7-18-11-15(2)22(23)13-21(18)20/h11,13-14,16-17,19-20H,3-10,12H2,1-2H3. The maximum Gasteiger partial charge on any atom is 0.126 e. The highest BCUT2D eigenvalue weighted by atomic mass is 19.1. The van der Waals surface area contributed by atoms with E-state index in [0.29, 0.717) is 5.92 Å². The molecule has 0 N–H and O–H groups in total. The van der Waals surface area contributed by atoms with Crippen LogP contribution in [0.3, 0.4) is 0 Å². The molecule has 3 unspecified atom stereocenters. The Labute approximate surface area is 140 Å². The van der Waals surface area contributed by atoms with Gasteiger partial charge in [-0.2, -0.15) is 0 Å². The van der Waals surface area contributed by atoms with Crippen molar-refractivity contribution >= 4 is 0 Å². The fourth-order valence-electron chi connectivity index (χ4n) is 5.87. The normalized spacial score (nSPS) is 37.1. The van der Waals surface area contributed by atoms with E-state index in [1.807, 2.05) is 13.0 Å². The Bertz CT molecular complexity index is 568. The Morgan fingerprint density at radius 3 is 2.39 bits per heavy atom. The van der Waals surface area contributed by atoms with Crippen LogP contribution in [0.2, 0.25) is 0 Å². The molecule has 23 heavy (non-hydrogen) atoms. The number of halogens is 1. The number of hydrogen-bond acceptors (Lipinski definition) is 0. The lowest BCUT2D eigenvalue weighted by Gasteiger charge is -2.44. The van der Waals surface area contributed by atoms with Crippen LogP contribution in [0.15, 0.2) is 12.1 Å². The minimum absolute atomic E-state index is 0.00721. The molecular formula is C22H31F. The van der Waals surface area contributed by atoms with Gasteiger partial charge in [0.2, 0.25) is 0 Å². The van der Waals surface area contributed by atoms with Crippen LogP contribution in [-0.4, -0.2) is 0 Å². The molecule has 2 fully saturated rings. The van der Waals surface area contributed by atoms with E-state index in [1.165, 1.54) is 68.9 Å². The van der Waals surface area contributed by atoms with Gasteiger partial charge in [0.15, 0.2) is 0 Å². The lowest BCUT2D eigenvalue weighted by molar-refractivity contribution is 0.122. The molecule has 3 aliphatic rings. The molecule has 1 heteroatoms. The van der Waals surface area contributed by atoms with Crippen LogP contribution < -0.4 is 0 Å². The van der Waals surface area contributed by atoms with E-state index >= 15 is 0 Å². The lowest BCUT2D eigenvalue weighted by atomic mass is 9.61. The summed E-state index contributed by atoms with van der Waals surface area (Å²) in [4.78, 5) is 0. The smallest absolute Gasteiger partial charge is 0.126 e. The fourth-order valence-corrected chi connectivity index (χ4v) is 5.87. The zero-order chi connectivity index (χ0) is 16.0. The van der Waals surface area contributed by atoms with E-state index in [1.54, 1.807) is 0 Å². The van der Waals surface area contributed by atoms with Crippen molar-refractivity contribution in [1.82, 2.24) is 0 Å². The van der Waals surface area contributed by atoms with E-state index in [9.17, 15) is 4.39 Å². The zero-order valence-corrected chi connectivity index (χ0v) is 14.8. The van der Waals surface area contributed by atoms with Crippen LogP contribution >= 0.6 is 0 Å². The van der Waals surface area contributed by atoms with E-state index in [-0.39, 0.29) is 5.82 Å². The molecule has 0 spiro atoms. The Kier molecular flexibility index (Phi) is 4.24. The molecule has 0 nitrogen and oxygen atoms in total. The van der Waals surface area contributed by atoms with Gasteiger partial charge in [0.1, 0.15) is 5.82 Å². The molecule has 0 heterocycles. The molecule has 3 atom stereocenters. The van der Waals surface area contributed by atoms with Gasteiger partial charge >= 0.3 is 0 Å². The van der Waals surface area contributed by atoms with E-state index < -0.39 is 0 Å². The molecule has 0 saturated heterocycles. The van der Waals surface area contributed by atoms with Gasteiger partial charge in [0.05, 0.1) is 0 Å². The Hall–Kier alpha value is -0.850. The van der Waals surface area contributed by atoms with Gasteiger partial charge < -0.3 is 0 Å². The first-order valence-electron chi connectivity index (χ1n) is 9.90. The van der Waals surface area contributed by atoms with Crippen molar-refractivity contribution in [2.45, 2.75) is 77.6 Å². The SMILES string of the molecule is Cc1cc2c(cc1F)C1CCC(C3CCC(C)CC3)CC1CC2. The summed E-state index contributed by atoms with van der Waals surface area (Å²) in [7, 11) is 0. The molecule has 0 aliphatic heterocycles. The molecule has 4 rings (SSSR count). The van der Waals surface area contributed by atoms with Crippen molar-refractivity contribution < 1.29 is 4.39 Å². The van der Waals surface area contributed by atoms with E-state index in [0.717, 1.165) is 29.2 Å². The molecule has 1 aromatic carbocycles. The minimum Gasteiger partial charge on any atom is -0.207 e. The van der Waals surface area contributed by atoms with Gasteiger partial charge in [-0.05, 0) is 104 Å². The highest BCUT2D eigenvalue weighted by Crippen LogP contribution is 2.50. The highest BCUT2D eigenvalue weighted by molar-refractivity contribution is 5.38. The van der Waals surface area contributed by atoms with Crippen molar-refractivity contribution in [2.75, 3.05) is 0 Å². The molecule has 0 radical (unpaired) electrons. The minimum atomic E-state index is 0.00721. The Balaban J connectivity index is 1.49. The van der Waals surface area contributed by atoms with Gasteiger partial charge in [-0.15, -0.1) is 0 Å². The molecule has 1 aromatic rings. The summed E-state index contributed by atoms with van der Waals surface area (Å²) >= 11 is 0. The monoisotopic (exact) mass is 314 g/mol. The van der Waals surface area contributed by atoms with Crippen molar-refractivity contribution in [2.24, 2.45) is 23.7 Å². The van der Waals surface area contributed by atoms with Crippen LogP contribution in [0.5, 0.6) is 0 Å². The molecule has 3 aliphatic carbocycles. The van der Waals surface area contributed by atoms with Gasteiger partial charge in [0, 0.05) is 0 Å². The van der Waals surface area contributed by atoms with Crippen molar-refractivity contribution in [3.05, 3.63) is 34.6 Å². The third-order valence-corrected chi connectivity index (χ3v) is 7.35. The van der Waals surface area contributed by atoms with Crippen LogP contribution in [0.4, 0.5) is 4.39 Å². The van der Waals surface area contributed by atoms with Crippen molar-refractivity contribution in [1.29, 1.82) is 0 Å². The summed E-state index contributed by atoms with van der Waals surface area (Å²) in [6.45, 7) is 4.32. The second kappa shape index (κ2) is 6.22. The van der Waals surface area contributed by atoms with Crippen LogP contribution in [0.25, 0.3) is 0 Å². The third-order valence-electron chi connectivity index (χ3n) is 7.35. The maximum absolute atomic E-state index is 14.1. The number of fused-ring (bicyclic) bond motifs is 3. The Morgan fingerprint density at radius 1 is 0.870 bits per heavy atom. The highest BCUT2D eigenvalue weighted by Gasteiger charge is 2.38. The summed E-state index contributed by atoms with van der Waals surface area (Å²) in [5.74, 6) is 4.38. The summed E-state index contributed by atoms with van der Waals surface area (Å²) in [5, 5.41) is 0. The van der Waals surface area contributed by atoms with E-state index in [2.05, 4.69) is 13.0 Å². The number of aryl methyl sites for hydroxylation is 2. The van der Waals surface area contributed by atoms with E-state index in [4.69, 9.17) is 0 Å². The first kappa shape index (κ1) is 15.7. The van der Waals surface area contributed by atoms with Crippen molar-refractivity contribution in [3.8, 4) is 0 Å². The first-order chi connectivity index (χ1) is 11.1. The summed E-state index contributed by atoms with van der Waals surface area (Å²) in [5.41, 5.74) is 3.63. The molecule has 2 saturated carbocycles. The summed E-state index contributed by atoms with van der Waals surface area (Å²) < 4.78 is 14.1. The Morgan fingerprint density at radius 2 is 1.61 bits per heavy atom. The first-order valence-corrected chi connectivity index (χ1v) is 9.90. The molecule has 0 amide bonds. The largest absolute Gasteiger partial charge is 0.207 e. The predicted molar refractivity (Wildman–Crippen MR) is 94.2 cm³/mol. The topological polar surface area (TPSA) is 0 Å².